The van der Waals surface area contributed by atoms with E-state index in [1.807, 2.05) is 6.07 Å². The van der Waals surface area contributed by atoms with E-state index in [2.05, 4.69) is 5.43 Å². The van der Waals surface area contributed by atoms with Crippen LogP contribution in [0.1, 0.15) is 12.0 Å². The van der Waals surface area contributed by atoms with Crippen molar-refractivity contribution >= 4 is 30.1 Å². The molecule has 1 aromatic carbocycles. The zero-order valence-electron chi connectivity index (χ0n) is 11.1. The lowest BCUT2D eigenvalue weighted by molar-refractivity contribution is -0.145. The van der Waals surface area contributed by atoms with Crippen LogP contribution in [0.5, 0.6) is 0 Å². The number of rotatable bonds is 6. The van der Waals surface area contributed by atoms with Gasteiger partial charge in [0.05, 0.1) is 6.54 Å². The van der Waals surface area contributed by atoms with Gasteiger partial charge in [-0.2, -0.15) is 0 Å². The number of nitrogens with zero attached hydrogens (tertiary/aromatic N) is 1. The third-order valence-electron chi connectivity index (χ3n) is 2.31. The predicted octanol–water partition coefficient (Wildman–Crippen LogP) is 0.233. The molecule has 0 spiro atoms. The highest BCUT2D eigenvalue weighted by Crippen LogP contribution is 2.01. The number of amides is 2. The number of hydrazine groups is 1. The van der Waals surface area contributed by atoms with Crippen molar-refractivity contribution < 1.29 is 24.3 Å². The number of nitrogens with one attached hydrogen (secondary N) is 1. The average molecular weight is 290 g/mol. The van der Waals surface area contributed by atoms with E-state index in [4.69, 9.17) is 5.11 Å². The van der Waals surface area contributed by atoms with Crippen molar-refractivity contribution in [1.29, 1.82) is 0 Å². The molecule has 7 heteroatoms. The Morgan fingerprint density at radius 2 is 1.86 bits per heavy atom. The molecule has 110 valence electrons. The normalized spacial score (nSPS) is 10.1. The third-order valence-corrected chi connectivity index (χ3v) is 2.31. The van der Waals surface area contributed by atoms with E-state index in [-0.39, 0.29) is 6.54 Å². The molecule has 2 N–H and O–H groups in total. The van der Waals surface area contributed by atoms with Crippen LogP contribution >= 0.6 is 0 Å². The molecule has 0 heterocycles. The van der Waals surface area contributed by atoms with E-state index < -0.39 is 24.2 Å². The van der Waals surface area contributed by atoms with Gasteiger partial charge in [-0.25, -0.2) is 5.01 Å². The fourth-order valence-corrected chi connectivity index (χ4v) is 1.41. The van der Waals surface area contributed by atoms with Gasteiger partial charge < -0.3 is 9.90 Å². The Morgan fingerprint density at radius 1 is 1.19 bits per heavy atom. The molecule has 0 aliphatic carbocycles. The number of aldehydes is 1. The van der Waals surface area contributed by atoms with Gasteiger partial charge in [0, 0.05) is 6.08 Å². The maximum Gasteiger partial charge on any atom is 0.312 e. The molecule has 0 bridgehead atoms. The lowest BCUT2D eigenvalue weighted by Gasteiger charge is -2.18. The van der Waals surface area contributed by atoms with Crippen LogP contribution in [0.25, 0.3) is 6.08 Å². The topological polar surface area (TPSA) is 104 Å². The number of hydrogen-bond acceptors (Lipinski definition) is 4. The summed E-state index contributed by atoms with van der Waals surface area (Å²) < 4.78 is 0. The van der Waals surface area contributed by atoms with Crippen molar-refractivity contribution in [1.82, 2.24) is 10.4 Å². The fraction of sp³-hybridized carbons (Fsp3) is 0.143. The molecule has 0 aliphatic heterocycles. The number of hydrogen-bond donors (Lipinski definition) is 2. The van der Waals surface area contributed by atoms with Gasteiger partial charge in [0.1, 0.15) is 12.7 Å². The minimum atomic E-state index is -1.33. The van der Waals surface area contributed by atoms with Crippen LogP contribution in [-0.2, 0) is 19.2 Å². The molecular weight excluding hydrogens is 276 g/mol. The Morgan fingerprint density at radius 3 is 2.43 bits per heavy atom. The highest BCUT2D eigenvalue weighted by molar-refractivity contribution is 5.97. The molecule has 21 heavy (non-hydrogen) atoms. The first-order chi connectivity index (χ1) is 10.0. The molecule has 0 atom stereocenters. The Labute approximate surface area is 120 Å². The first-order valence-electron chi connectivity index (χ1n) is 6.02. The van der Waals surface area contributed by atoms with Crippen molar-refractivity contribution in [3.63, 3.8) is 0 Å². The van der Waals surface area contributed by atoms with Crippen molar-refractivity contribution in [2.24, 2.45) is 0 Å². The van der Waals surface area contributed by atoms with E-state index >= 15 is 0 Å². The summed E-state index contributed by atoms with van der Waals surface area (Å²) in [6, 6.07) is 8.96. The molecule has 0 aliphatic rings. The van der Waals surface area contributed by atoms with Crippen LogP contribution in [0, 0.1) is 0 Å². The minimum Gasteiger partial charge on any atom is -0.481 e. The second-order valence-electron chi connectivity index (χ2n) is 3.97. The van der Waals surface area contributed by atoms with E-state index in [1.54, 1.807) is 24.3 Å². The molecular formula is C14H14N2O5. The van der Waals surface area contributed by atoms with Crippen LogP contribution in [0.2, 0.25) is 0 Å². The van der Waals surface area contributed by atoms with Gasteiger partial charge in [-0.3, -0.25) is 19.8 Å². The zero-order chi connectivity index (χ0) is 15.7. The summed E-state index contributed by atoms with van der Waals surface area (Å²) in [4.78, 5) is 44.0. The Balaban J connectivity index is 2.69. The van der Waals surface area contributed by atoms with Crippen LogP contribution in [0.15, 0.2) is 36.4 Å². The second-order valence-corrected chi connectivity index (χ2v) is 3.97. The first-order valence-corrected chi connectivity index (χ1v) is 6.02. The SMILES string of the molecule is O=CCN(NC(=O)CC(=O)O)C(=O)C=Cc1ccccc1. The summed E-state index contributed by atoms with van der Waals surface area (Å²) in [5.41, 5.74) is 2.84. The molecule has 2 amide bonds. The first kappa shape index (κ1) is 16.1. The molecule has 1 rings (SSSR count). The van der Waals surface area contributed by atoms with Gasteiger partial charge in [0.15, 0.2) is 0 Å². The number of carbonyl (C=O) groups excluding carboxylic acids is 3. The summed E-state index contributed by atoms with van der Waals surface area (Å²) in [7, 11) is 0. The molecule has 0 saturated carbocycles. The number of aliphatic carboxylic acids is 1. The summed E-state index contributed by atoms with van der Waals surface area (Å²) >= 11 is 0. The summed E-state index contributed by atoms with van der Waals surface area (Å²) in [5.74, 6) is -2.85. The van der Waals surface area contributed by atoms with Gasteiger partial charge in [0.2, 0.25) is 5.91 Å². The standard InChI is InChI=1S/C14H14N2O5/c17-9-8-16(15-12(18)10-14(20)21)13(19)7-6-11-4-2-1-3-5-11/h1-7,9H,8,10H2,(H,15,18)(H,20,21). The lowest BCUT2D eigenvalue weighted by Crippen LogP contribution is -2.46. The smallest absolute Gasteiger partial charge is 0.312 e. The highest BCUT2D eigenvalue weighted by atomic mass is 16.4. The Kier molecular flexibility index (Phi) is 6.33. The number of carboxylic acid groups (broad SMARTS) is 1. The maximum atomic E-state index is 11.8. The second kappa shape index (κ2) is 8.26. The van der Waals surface area contributed by atoms with Crippen molar-refractivity contribution in [2.45, 2.75) is 6.42 Å². The molecule has 0 unspecified atom stereocenters. The van der Waals surface area contributed by atoms with Crippen molar-refractivity contribution in [3.8, 4) is 0 Å². The van der Waals surface area contributed by atoms with Gasteiger partial charge in [-0.05, 0) is 11.6 Å². The van der Waals surface area contributed by atoms with Gasteiger partial charge in [0.25, 0.3) is 5.91 Å². The monoisotopic (exact) mass is 290 g/mol. The van der Waals surface area contributed by atoms with Crippen LogP contribution in [0.3, 0.4) is 0 Å². The molecule has 7 nitrogen and oxygen atoms in total. The third kappa shape index (κ3) is 6.15. The number of benzene rings is 1. The van der Waals surface area contributed by atoms with Crippen LogP contribution < -0.4 is 5.43 Å². The predicted molar refractivity (Wildman–Crippen MR) is 73.6 cm³/mol. The van der Waals surface area contributed by atoms with Gasteiger partial charge >= 0.3 is 5.97 Å². The quantitative estimate of drug-likeness (QED) is 0.338. The maximum absolute atomic E-state index is 11.8. The van der Waals surface area contributed by atoms with Crippen LogP contribution in [-0.4, -0.2) is 40.7 Å². The van der Waals surface area contributed by atoms with Gasteiger partial charge in [-0.1, -0.05) is 30.3 Å². The minimum absolute atomic E-state index is 0.372. The van der Waals surface area contributed by atoms with E-state index in [9.17, 15) is 19.2 Å². The molecule has 0 saturated heterocycles. The van der Waals surface area contributed by atoms with E-state index in [1.165, 1.54) is 12.2 Å². The summed E-state index contributed by atoms with van der Waals surface area (Å²) in [6.07, 6.45) is 2.34. The summed E-state index contributed by atoms with van der Waals surface area (Å²) in [5, 5.41) is 9.22. The van der Waals surface area contributed by atoms with E-state index in [0.29, 0.717) is 6.29 Å². The van der Waals surface area contributed by atoms with Gasteiger partial charge in [-0.15, -0.1) is 0 Å². The number of carbonyl (C=O) groups is 4. The molecule has 0 fully saturated rings. The average Bonchev–Trinajstić information content (AvgIpc) is 2.44. The van der Waals surface area contributed by atoms with E-state index in [0.717, 1.165) is 10.6 Å². The fourth-order valence-electron chi connectivity index (χ4n) is 1.41. The molecule has 0 aromatic heterocycles. The molecule has 1 aromatic rings. The highest BCUT2D eigenvalue weighted by Gasteiger charge is 2.15. The Hall–Kier alpha value is -2.96. The zero-order valence-corrected chi connectivity index (χ0v) is 11.1. The van der Waals surface area contributed by atoms with Crippen LogP contribution in [0.4, 0.5) is 0 Å². The Bertz CT molecular complexity index is 554. The van der Waals surface area contributed by atoms with Crippen molar-refractivity contribution in [2.75, 3.05) is 6.54 Å². The largest absolute Gasteiger partial charge is 0.481 e. The number of carboxylic acids is 1. The summed E-state index contributed by atoms with van der Waals surface area (Å²) in [6.45, 7) is -0.372. The molecule has 0 radical (unpaired) electrons. The lowest BCUT2D eigenvalue weighted by atomic mass is 10.2. The van der Waals surface area contributed by atoms with Crippen molar-refractivity contribution in [3.05, 3.63) is 42.0 Å².